The Morgan fingerprint density at radius 3 is 2.23 bits per heavy atom. The summed E-state index contributed by atoms with van der Waals surface area (Å²) in [6, 6.07) is 11.3. The lowest BCUT2D eigenvalue weighted by Crippen LogP contribution is -2.14. The van der Waals surface area contributed by atoms with E-state index >= 15 is 0 Å². The third-order valence-electron chi connectivity index (χ3n) is 3.71. The fourth-order valence-electron chi connectivity index (χ4n) is 2.31. The van der Waals surface area contributed by atoms with Crippen molar-refractivity contribution >= 4 is 35.1 Å². The van der Waals surface area contributed by atoms with Crippen LogP contribution < -0.4 is 0 Å². The molecule has 0 bridgehead atoms. The zero-order chi connectivity index (χ0) is 18.9. The average molecular weight is 395 g/mol. The third kappa shape index (κ3) is 5.75. The molecule has 2 rings (SSSR count). The maximum Gasteiger partial charge on any atom is 0.339 e. The van der Waals surface area contributed by atoms with E-state index in [1.807, 2.05) is 0 Å². The highest BCUT2D eigenvalue weighted by molar-refractivity contribution is 6.33. The standard InChI is InChI=1S/C20H20Cl2O4/c1-2-3-6-11-25-19(23)16-7-4-5-8-17(16)20(24)26-13-14-12-15(21)9-10-18(14)22/h4-5,7-10,12H,2-3,6,11,13H2,1H3. The zero-order valence-electron chi connectivity index (χ0n) is 14.5. The number of carbonyl (C=O) groups excluding carboxylic acids is 2. The van der Waals surface area contributed by atoms with Crippen LogP contribution in [0.15, 0.2) is 42.5 Å². The topological polar surface area (TPSA) is 52.6 Å². The molecular weight excluding hydrogens is 375 g/mol. The molecule has 6 heteroatoms. The molecule has 2 aromatic carbocycles. The van der Waals surface area contributed by atoms with Gasteiger partial charge in [-0.1, -0.05) is 55.1 Å². The van der Waals surface area contributed by atoms with Crippen molar-refractivity contribution < 1.29 is 19.1 Å². The highest BCUT2D eigenvalue weighted by atomic mass is 35.5. The first-order chi connectivity index (χ1) is 12.5. The van der Waals surface area contributed by atoms with Gasteiger partial charge in [-0.2, -0.15) is 0 Å². The molecule has 0 aliphatic carbocycles. The van der Waals surface area contributed by atoms with Gasteiger partial charge in [-0.05, 0) is 36.8 Å². The number of carbonyl (C=O) groups is 2. The Hall–Kier alpha value is -2.04. The van der Waals surface area contributed by atoms with Crippen LogP contribution in [-0.2, 0) is 16.1 Å². The molecule has 0 amide bonds. The van der Waals surface area contributed by atoms with Gasteiger partial charge >= 0.3 is 11.9 Å². The van der Waals surface area contributed by atoms with Gasteiger partial charge in [0, 0.05) is 15.6 Å². The van der Waals surface area contributed by atoms with Crippen LogP contribution in [-0.4, -0.2) is 18.5 Å². The third-order valence-corrected chi connectivity index (χ3v) is 4.32. The van der Waals surface area contributed by atoms with Crippen molar-refractivity contribution in [1.82, 2.24) is 0 Å². The Balaban J connectivity index is 2.04. The SMILES string of the molecule is CCCCCOC(=O)c1ccccc1C(=O)OCc1cc(Cl)ccc1Cl. The fourth-order valence-corrected chi connectivity index (χ4v) is 2.68. The molecule has 0 atom stereocenters. The summed E-state index contributed by atoms with van der Waals surface area (Å²) in [6.07, 6.45) is 2.81. The van der Waals surface area contributed by atoms with Crippen LogP contribution in [0.2, 0.25) is 10.0 Å². The van der Waals surface area contributed by atoms with Crippen molar-refractivity contribution in [3.8, 4) is 0 Å². The number of hydrogen-bond acceptors (Lipinski definition) is 4. The number of ether oxygens (including phenoxy) is 2. The van der Waals surface area contributed by atoms with Gasteiger partial charge < -0.3 is 9.47 Å². The number of esters is 2. The molecule has 26 heavy (non-hydrogen) atoms. The largest absolute Gasteiger partial charge is 0.462 e. The lowest BCUT2D eigenvalue weighted by atomic mass is 10.1. The number of hydrogen-bond donors (Lipinski definition) is 0. The van der Waals surface area contributed by atoms with Crippen molar-refractivity contribution in [2.75, 3.05) is 6.61 Å². The molecule has 0 N–H and O–H groups in total. The van der Waals surface area contributed by atoms with E-state index < -0.39 is 11.9 Å². The Morgan fingerprint density at radius 2 is 1.58 bits per heavy atom. The van der Waals surface area contributed by atoms with Crippen molar-refractivity contribution in [3.63, 3.8) is 0 Å². The Morgan fingerprint density at radius 1 is 0.923 bits per heavy atom. The number of unbranched alkanes of at least 4 members (excludes halogenated alkanes) is 2. The monoisotopic (exact) mass is 394 g/mol. The van der Waals surface area contributed by atoms with E-state index in [2.05, 4.69) is 6.92 Å². The minimum Gasteiger partial charge on any atom is -0.462 e. The molecule has 0 saturated carbocycles. The fraction of sp³-hybridized carbons (Fsp3) is 0.300. The van der Waals surface area contributed by atoms with Gasteiger partial charge in [0.1, 0.15) is 6.61 Å². The van der Waals surface area contributed by atoms with E-state index in [0.717, 1.165) is 19.3 Å². The summed E-state index contributed by atoms with van der Waals surface area (Å²) in [7, 11) is 0. The lowest BCUT2D eigenvalue weighted by Gasteiger charge is -2.10. The second-order valence-electron chi connectivity index (χ2n) is 5.70. The Labute approximate surface area is 163 Å². The van der Waals surface area contributed by atoms with Crippen LogP contribution in [0, 0.1) is 0 Å². The first-order valence-electron chi connectivity index (χ1n) is 8.40. The molecule has 0 aliphatic rings. The molecule has 138 valence electrons. The zero-order valence-corrected chi connectivity index (χ0v) is 16.0. The van der Waals surface area contributed by atoms with E-state index in [1.54, 1.807) is 36.4 Å². The Bertz CT molecular complexity index is 774. The van der Waals surface area contributed by atoms with Crippen molar-refractivity contribution in [2.24, 2.45) is 0 Å². The second-order valence-corrected chi connectivity index (χ2v) is 6.54. The molecule has 0 aliphatic heterocycles. The second kappa shape index (κ2) is 10.2. The molecule has 0 saturated heterocycles. The van der Waals surface area contributed by atoms with E-state index in [0.29, 0.717) is 22.2 Å². The van der Waals surface area contributed by atoms with E-state index in [9.17, 15) is 9.59 Å². The summed E-state index contributed by atoms with van der Waals surface area (Å²) >= 11 is 12.0. The number of benzene rings is 2. The molecule has 2 aromatic rings. The van der Waals surface area contributed by atoms with E-state index in [1.165, 1.54) is 6.07 Å². The lowest BCUT2D eigenvalue weighted by molar-refractivity contribution is 0.0436. The van der Waals surface area contributed by atoms with Crippen molar-refractivity contribution in [1.29, 1.82) is 0 Å². The van der Waals surface area contributed by atoms with Crippen molar-refractivity contribution in [3.05, 3.63) is 69.2 Å². The predicted octanol–water partition coefficient (Wildman–Crippen LogP) is 5.70. The van der Waals surface area contributed by atoms with Crippen LogP contribution in [0.5, 0.6) is 0 Å². The maximum absolute atomic E-state index is 12.4. The average Bonchev–Trinajstić information content (AvgIpc) is 2.65. The first kappa shape index (κ1) is 20.3. The molecule has 0 heterocycles. The van der Waals surface area contributed by atoms with Gasteiger partial charge in [-0.3, -0.25) is 0 Å². The summed E-state index contributed by atoms with van der Waals surface area (Å²) in [6.45, 7) is 2.35. The maximum atomic E-state index is 12.4. The Kier molecular flexibility index (Phi) is 7.95. The highest BCUT2D eigenvalue weighted by Gasteiger charge is 2.19. The van der Waals surface area contributed by atoms with Crippen LogP contribution >= 0.6 is 23.2 Å². The van der Waals surface area contributed by atoms with Gasteiger partial charge in [0.05, 0.1) is 17.7 Å². The van der Waals surface area contributed by atoms with Gasteiger partial charge in [0.2, 0.25) is 0 Å². The van der Waals surface area contributed by atoms with Crippen molar-refractivity contribution in [2.45, 2.75) is 32.8 Å². The summed E-state index contributed by atoms with van der Waals surface area (Å²) in [5.41, 5.74) is 0.935. The van der Waals surface area contributed by atoms with Crippen LogP contribution in [0.3, 0.4) is 0 Å². The normalized spacial score (nSPS) is 10.4. The molecule has 0 aromatic heterocycles. The molecule has 0 fully saturated rings. The molecule has 0 radical (unpaired) electrons. The van der Waals surface area contributed by atoms with Gasteiger partial charge in [-0.25, -0.2) is 9.59 Å². The summed E-state index contributed by atoms with van der Waals surface area (Å²) in [5, 5.41) is 0.947. The minimum absolute atomic E-state index is 0.0435. The van der Waals surface area contributed by atoms with Gasteiger partial charge in [0.25, 0.3) is 0 Å². The molecule has 4 nitrogen and oxygen atoms in total. The number of halogens is 2. The number of rotatable bonds is 8. The summed E-state index contributed by atoms with van der Waals surface area (Å²) in [4.78, 5) is 24.6. The van der Waals surface area contributed by atoms with Crippen LogP contribution in [0.1, 0.15) is 52.5 Å². The first-order valence-corrected chi connectivity index (χ1v) is 9.15. The van der Waals surface area contributed by atoms with Crippen LogP contribution in [0.25, 0.3) is 0 Å². The van der Waals surface area contributed by atoms with E-state index in [-0.39, 0.29) is 17.7 Å². The van der Waals surface area contributed by atoms with Gasteiger partial charge in [-0.15, -0.1) is 0 Å². The summed E-state index contributed by atoms with van der Waals surface area (Å²) < 4.78 is 10.5. The summed E-state index contributed by atoms with van der Waals surface area (Å²) in [5.74, 6) is -1.16. The quantitative estimate of drug-likeness (QED) is 0.425. The molecule has 0 unspecified atom stereocenters. The van der Waals surface area contributed by atoms with Gasteiger partial charge in [0.15, 0.2) is 0 Å². The molecular formula is C20H20Cl2O4. The minimum atomic E-state index is -0.623. The predicted molar refractivity (Wildman–Crippen MR) is 102 cm³/mol. The molecule has 0 spiro atoms. The van der Waals surface area contributed by atoms with E-state index in [4.69, 9.17) is 32.7 Å². The highest BCUT2D eigenvalue weighted by Crippen LogP contribution is 2.22. The smallest absolute Gasteiger partial charge is 0.339 e. The van der Waals surface area contributed by atoms with Crippen LogP contribution in [0.4, 0.5) is 0 Å².